The van der Waals surface area contributed by atoms with Crippen molar-refractivity contribution in [3.05, 3.63) is 71.2 Å². The quantitative estimate of drug-likeness (QED) is 0.727. The normalized spacial score (nSPS) is 15.1. The zero-order valence-corrected chi connectivity index (χ0v) is 16.0. The topological polar surface area (TPSA) is 35.6 Å². The lowest BCUT2D eigenvalue weighted by Crippen LogP contribution is -2.44. The van der Waals surface area contributed by atoms with Gasteiger partial charge < -0.3 is 15.1 Å². The van der Waals surface area contributed by atoms with Gasteiger partial charge in [0, 0.05) is 42.2 Å². The fourth-order valence-electron chi connectivity index (χ4n) is 3.52. The molecule has 138 valence electrons. The van der Waals surface area contributed by atoms with Crippen molar-refractivity contribution in [2.45, 2.75) is 0 Å². The summed E-state index contributed by atoms with van der Waals surface area (Å²) in [5, 5.41) is 6.07. The van der Waals surface area contributed by atoms with Gasteiger partial charge in [0.05, 0.1) is 11.4 Å². The third-order valence-corrected chi connectivity index (χ3v) is 5.33. The number of carbonyl (C=O) groups is 1. The molecular weight excluding hydrogens is 358 g/mol. The molecule has 4 rings (SSSR count). The van der Waals surface area contributed by atoms with Crippen LogP contribution < -0.4 is 10.2 Å². The molecule has 27 heavy (non-hydrogen) atoms. The van der Waals surface area contributed by atoms with E-state index in [1.165, 1.54) is 5.39 Å². The number of nitrogens with one attached hydrogen (secondary N) is 1. The molecule has 1 N–H and O–H groups in total. The van der Waals surface area contributed by atoms with E-state index in [1.807, 2.05) is 18.2 Å². The van der Waals surface area contributed by atoms with Crippen LogP contribution in [0.1, 0.15) is 10.4 Å². The molecule has 0 aromatic heterocycles. The zero-order chi connectivity index (χ0) is 18.8. The van der Waals surface area contributed by atoms with E-state index in [9.17, 15) is 4.79 Å². The Hall–Kier alpha value is -2.56. The van der Waals surface area contributed by atoms with Crippen molar-refractivity contribution in [3.63, 3.8) is 0 Å². The number of amides is 1. The van der Waals surface area contributed by atoms with Gasteiger partial charge in [-0.25, -0.2) is 0 Å². The van der Waals surface area contributed by atoms with E-state index in [0.717, 1.165) is 42.9 Å². The lowest BCUT2D eigenvalue weighted by molar-refractivity contribution is 0.102. The molecule has 0 radical (unpaired) electrons. The number of rotatable bonds is 3. The van der Waals surface area contributed by atoms with Crippen molar-refractivity contribution in [2.75, 3.05) is 43.4 Å². The summed E-state index contributed by atoms with van der Waals surface area (Å²) in [6.45, 7) is 3.89. The van der Waals surface area contributed by atoms with Crippen LogP contribution in [0.4, 0.5) is 11.4 Å². The standard InChI is InChI=1S/C22H22ClN3O/c1-25-12-14-26(15-13-25)21-19-5-3-2-4-16(19)8-11-20(21)24-22(27)17-6-9-18(23)10-7-17/h2-11H,12-15H2,1H3,(H,24,27). The first-order chi connectivity index (χ1) is 13.1. The summed E-state index contributed by atoms with van der Waals surface area (Å²) >= 11 is 5.94. The first kappa shape index (κ1) is 17.8. The second-order valence-corrected chi connectivity index (χ2v) is 7.37. The molecule has 5 heteroatoms. The summed E-state index contributed by atoms with van der Waals surface area (Å²) in [6, 6.07) is 19.4. The molecule has 0 aliphatic carbocycles. The van der Waals surface area contributed by atoms with Gasteiger partial charge in [0.25, 0.3) is 5.91 Å². The Morgan fingerprint density at radius 2 is 1.63 bits per heavy atom. The van der Waals surface area contributed by atoms with E-state index in [-0.39, 0.29) is 5.91 Å². The van der Waals surface area contributed by atoms with Crippen molar-refractivity contribution in [1.29, 1.82) is 0 Å². The molecule has 1 saturated heterocycles. The molecule has 0 bridgehead atoms. The van der Waals surface area contributed by atoms with Crippen molar-refractivity contribution < 1.29 is 4.79 Å². The fourth-order valence-corrected chi connectivity index (χ4v) is 3.65. The Balaban J connectivity index is 1.72. The minimum atomic E-state index is -0.127. The lowest BCUT2D eigenvalue weighted by Gasteiger charge is -2.36. The van der Waals surface area contributed by atoms with Crippen molar-refractivity contribution in [2.24, 2.45) is 0 Å². The highest BCUT2D eigenvalue weighted by Gasteiger charge is 2.20. The third kappa shape index (κ3) is 3.77. The Kier molecular flexibility index (Phi) is 5.01. The summed E-state index contributed by atoms with van der Waals surface area (Å²) in [5.41, 5.74) is 2.54. The summed E-state index contributed by atoms with van der Waals surface area (Å²) in [5.74, 6) is -0.127. The molecule has 3 aromatic carbocycles. The maximum Gasteiger partial charge on any atom is 0.255 e. The summed E-state index contributed by atoms with van der Waals surface area (Å²) < 4.78 is 0. The minimum Gasteiger partial charge on any atom is -0.367 e. The average Bonchev–Trinajstić information content (AvgIpc) is 2.69. The van der Waals surface area contributed by atoms with Crippen LogP contribution in [0, 0.1) is 0 Å². The molecule has 1 heterocycles. The van der Waals surface area contributed by atoms with Crippen LogP contribution in [-0.2, 0) is 0 Å². The van der Waals surface area contributed by atoms with Gasteiger partial charge in [-0.15, -0.1) is 0 Å². The summed E-state index contributed by atoms with van der Waals surface area (Å²) in [6.07, 6.45) is 0. The van der Waals surface area contributed by atoms with Gasteiger partial charge in [0.15, 0.2) is 0 Å². The van der Waals surface area contributed by atoms with Crippen molar-refractivity contribution >= 4 is 39.7 Å². The lowest BCUT2D eigenvalue weighted by atomic mass is 10.0. The van der Waals surface area contributed by atoms with Crippen LogP contribution in [0.3, 0.4) is 0 Å². The molecule has 0 atom stereocenters. The number of anilines is 2. The number of fused-ring (bicyclic) bond motifs is 1. The summed E-state index contributed by atoms with van der Waals surface area (Å²) in [7, 11) is 2.14. The van der Waals surface area contributed by atoms with Crippen LogP contribution in [-0.4, -0.2) is 44.0 Å². The molecule has 1 aliphatic heterocycles. The monoisotopic (exact) mass is 379 g/mol. The van der Waals surface area contributed by atoms with Gasteiger partial charge in [-0.2, -0.15) is 0 Å². The van der Waals surface area contributed by atoms with Crippen LogP contribution in [0.25, 0.3) is 10.8 Å². The van der Waals surface area contributed by atoms with E-state index < -0.39 is 0 Å². The number of piperazine rings is 1. The predicted octanol–water partition coefficient (Wildman–Crippen LogP) is 4.50. The highest BCUT2D eigenvalue weighted by molar-refractivity contribution is 6.30. The molecule has 0 spiro atoms. The Bertz CT molecular complexity index is 963. The number of hydrogen-bond acceptors (Lipinski definition) is 3. The van der Waals surface area contributed by atoms with Gasteiger partial charge >= 0.3 is 0 Å². The van der Waals surface area contributed by atoms with E-state index in [1.54, 1.807) is 24.3 Å². The van der Waals surface area contributed by atoms with Crippen molar-refractivity contribution in [3.8, 4) is 0 Å². The zero-order valence-electron chi connectivity index (χ0n) is 15.3. The molecule has 3 aromatic rings. The van der Waals surface area contributed by atoms with Gasteiger partial charge in [0.1, 0.15) is 0 Å². The number of nitrogens with zero attached hydrogens (tertiary/aromatic N) is 2. The molecule has 0 unspecified atom stereocenters. The number of likely N-dealkylation sites (N-methyl/N-ethyl adjacent to an activating group) is 1. The minimum absolute atomic E-state index is 0.127. The number of hydrogen-bond donors (Lipinski definition) is 1. The molecule has 1 fully saturated rings. The van der Waals surface area contributed by atoms with E-state index >= 15 is 0 Å². The maximum absolute atomic E-state index is 12.8. The number of halogens is 1. The molecule has 4 nitrogen and oxygen atoms in total. The highest BCUT2D eigenvalue weighted by Crippen LogP contribution is 2.35. The van der Waals surface area contributed by atoms with Crippen LogP contribution in [0.5, 0.6) is 0 Å². The Morgan fingerprint density at radius 3 is 2.37 bits per heavy atom. The average molecular weight is 380 g/mol. The molecule has 0 saturated carbocycles. The Morgan fingerprint density at radius 1 is 0.926 bits per heavy atom. The molecule has 1 aliphatic rings. The van der Waals surface area contributed by atoms with E-state index in [4.69, 9.17) is 11.6 Å². The maximum atomic E-state index is 12.8. The largest absolute Gasteiger partial charge is 0.367 e. The second kappa shape index (κ2) is 7.59. The van der Waals surface area contributed by atoms with Crippen LogP contribution in [0.15, 0.2) is 60.7 Å². The second-order valence-electron chi connectivity index (χ2n) is 6.93. The van der Waals surface area contributed by atoms with E-state index in [2.05, 4.69) is 40.4 Å². The van der Waals surface area contributed by atoms with Gasteiger partial charge in [-0.05, 0) is 42.8 Å². The highest BCUT2D eigenvalue weighted by atomic mass is 35.5. The number of benzene rings is 3. The van der Waals surface area contributed by atoms with Gasteiger partial charge in [-0.1, -0.05) is 41.9 Å². The van der Waals surface area contributed by atoms with E-state index in [0.29, 0.717) is 10.6 Å². The molecule has 1 amide bonds. The predicted molar refractivity (Wildman–Crippen MR) is 113 cm³/mol. The van der Waals surface area contributed by atoms with Crippen molar-refractivity contribution in [1.82, 2.24) is 4.90 Å². The number of carbonyl (C=O) groups excluding carboxylic acids is 1. The van der Waals surface area contributed by atoms with Gasteiger partial charge in [0.2, 0.25) is 0 Å². The first-order valence-corrected chi connectivity index (χ1v) is 9.52. The molecular formula is C22H22ClN3O. The fraction of sp³-hybridized carbons (Fsp3) is 0.227. The smallest absolute Gasteiger partial charge is 0.255 e. The Labute approximate surface area is 164 Å². The summed E-state index contributed by atoms with van der Waals surface area (Å²) in [4.78, 5) is 17.5. The third-order valence-electron chi connectivity index (χ3n) is 5.07. The van der Waals surface area contributed by atoms with Gasteiger partial charge in [-0.3, -0.25) is 4.79 Å². The first-order valence-electron chi connectivity index (χ1n) is 9.14. The SMILES string of the molecule is CN1CCN(c2c(NC(=O)c3ccc(Cl)cc3)ccc3ccccc23)CC1. The van der Waals surface area contributed by atoms with Crippen LogP contribution >= 0.6 is 11.6 Å². The van der Waals surface area contributed by atoms with Crippen LogP contribution in [0.2, 0.25) is 5.02 Å².